The lowest BCUT2D eigenvalue weighted by atomic mass is 10.0. The van der Waals surface area contributed by atoms with E-state index in [1.165, 1.54) is 19.9 Å². The van der Waals surface area contributed by atoms with Crippen LogP contribution in [-0.4, -0.2) is 22.6 Å². The van der Waals surface area contributed by atoms with Crippen LogP contribution < -0.4 is 11.1 Å². The second kappa shape index (κ2) is 8.99. The number of ketones is 2. The molecule has 1 aromatic heterocycles. The lowest BCUT2D eigenvalue weighted by Crippen LogP contribution is -2.12. The van der Waals surface area contributed by atoms with Crippen molar-refractivity contribution in [3.63, 3.8) is 0 Å². The number of carbonyl (C=O) groups is 3. The number of nitrogens with one attached hydrogen (secondary N) is 1. The Morgan fingerprint density at radius 2 is 1.59 bits per heavy atom. The summed E-state index contributed by atoms with van der Waals surface area (Å²) < 4.78 is 5.20. The van der Waals surface area contributed by atoms with E-state index in [4.69, 9.17) is 10.2 Å². The van der Waals surface area contributed by atoms with Gasteiger partial charge in [0, 0.05) is 23.7 Å². The Kier molecular flexibility index (Phi) is 5.92. The standard InChI is InChI=1S/C25H20N4O5/c1-13(30)20-12-34-24(14(2)31)22(20)29-28-21-18-6-4-3-5-15(18)11-19(23(21)32)25(33)27-17-9-7-16(26)8-10-17/h3-12,32H,26H2,1-2H3,(H,27,33)/b29-28+. The van der Waals surface area contributed by atoms with Crippen LogP contribution >= 0.6 is 0 Å². The minimum Gasteiger partial charge on any atom is -0.505 e. The second-order valence-corrected chi connectivity index (χ2v) is 7.56. The van der Waals surface area contributed by atoms with Gasteiger partial charge < -0.3 is 20.6 Å². The van der Waals surface area contributed by atoms with Gasteiger partial charge in [-0.1, -0.05) is 24.3 Å². The van der Waals surface area contributed by atoms with Gasteiger partial charge in [0.05, 0.1) is 11.1 Å². The number of azo groups is 1. The van der Waals surface area contributed by atoms with Crippen molar-refractivity contribution in [1.82, 2.24) is 0 Å². The molecule has 170 valence electrons. The molecule has 4 N–H and O–H groups in total. The van der Waals surface area contributed by atoms with Crippen molar-refractivity contribution in [2.75, 3.05) is 11.1 Å². The van der Waals surface area contributed by atoms with Crippen LogP contribution in [0.2, 0.25) is 0 Å². The van der Waals surface area contributed by atoms with Gasteiger partial charge in [-0.3, -0.25) is 14.4 Å². The Labute approximate surface area is 193 Å². The number of phenols is 1. The highest BCUT2D eigenvalue weighted by atomic mass is 16.3. The number of carbonyl (C=O) groups excluding carboxylic acids is 3. The topological polar surface area (TPSA) is 147 Å². The molecule has 3 aromatic carbocycles. The first-order valence-corrected chi connectivity index (χ1v) is 10.2. The lowest BCUT2D eigenvalue weighted by Gasteiger charge is -2.11. The molecule has 0 aliphatic heterocycles. The summed E-state index contributed by atoms with van der Waals surface area (Å²) in [5.41, 5.74) is 6.73. The van der Waals surface area contributed by atoms with Crippen LogP contribution in [0.25, 0.3) is 10.8 Å². The number of nitrogens with zero attached hydrogens (tertiary/aromatic N) is 2. The number of hydrogen-bond donors (Lipinski definition) is 3. The Bertz CT molecular complexity index is 1440. The maximum absolute atomic E-state index is 13.0. The molecule has 34 heavy (non-hydrogen) atoms. The van der Waals surface area contributed by atoms with Crippen molar-refractivity contribution >= 4 is 51.0 Å². The third kappa shape index (κ3) is 4.26. The summed E-state index contributed by atoms with van der Waals surface area (Å²) in [7, 11) is 0. The van der Waals surface area contributed by atoms with Crippen molar-refractivity contribution in [3.8, 4) is 5.75 Å². The van der Waals surface area contributed by atoms with E-state index >= 15 is 0 Å². The Balaban J connectivity index is 1.82. The van der Waals surface area contributed by atoms with Crippen molar-refractivity contribution in [2.24, 2.45) is 10.2 Å². The predicted molar refractivity (Wildman–Crippen MR) is 127 cm³/mol. The second-order valence-electron chi connectivity index (χ2n) is 7.56. The SMILES string of the molecule is CC(=O)c1coc(C(C)=O)c1/N=N/c1c(O)c(C(=O)Nc2ccc(N)cc2)cc2ccccc12. The predicted octanol–water partition coefficient (Wildman–Crippen LogP) is 5.79. The summed E-state index contributed by atoms with van der Waals surface area (Å²) in [6.07, 6.45) is 1.14. The van der Waals surface area contributed by atoms with E-state index in [0.717, 1.165) is 6.26 Å². The molecular weight excluding hydrogens is 436 g/mol. The molecule has 1 heterocycles. The zero-order valence-corrected chi connectivity index (χ0v) is 18.3. The smallest absolute Gasteiger partial charge is 0.259 e. The van der Waals surface area contributed by atoms with E-state index in [2.05, 4.69) is 15.5 Å². The van der Waals surface area contributed by atoms with Crippen molar-refractivity contribution < 1.29 is 23.9 Å². The van der Waals surface area contributed by atoms with Gasteiger partial charge >= 0.3 is 0 Å². The fourth-order valence-electron chi connectivity index (χ4n) is 3.41. The van der Waals surface area contributed by atoms with Crippen LogP contribution in [0.3, 0.4) is 0 Å². The number of Topliss-reactive ketones (excluding diaryl/α,β-unsaturated/α-hetero) is 2. The molecule has 1 amide bonds. The highest BCUT2D eigenvalue weighted by molar-refractivity contribution is 6.12. The third-order valence-corrected chi connectivity index (χ3v) is 5.12. The zero-order valence-electron chi connectivity index (χ0n) is 18.3. The highest BCUT2D eigenvalue weighted by Crippen LogP contribution is 2.40. The van der Waals surface area contributed by atoms with Crippen LogP contribution in [0.4, 0.5) is 22.7 Å². The first-order chi connectivity index (χ1) is 16.3. The van der Waals surface area contributed by atoms with Crippen molar-refractivity contribution in [2.45, 2.75) is 13.8 Å². The average molecular weight is 456 g/mol. The van der Waals surface area contributed by atoms with E-state index in [9.17, 15) is 19.5 Å². The fourth-order valence-corrected chi connectivity index (χ4v) is 3.41. The first kappa shape index (κ1) is 22.4. The summed E-state index contributed by atoms with van der Waals surface area (Å²) in [6.45, 7) is 2.58. The van der Waals surface area contributed by atoms with E-state index < -0.39 is 17.4 Å². The number of phenolic OH excluding ortho intramolecular Hbond substituents is 1. The molecule has 9 nitrogen and oxygen atoms in total. The minimum atomic E-state index is -0.568. The summed E-state index contributed by atoms with van der Waals surface area (Å²) in [4.78, 5) is 36.8. The van der Waals surface area contributed by atoms with Gasteiger partial charge in [-0.15, -0.1) is 10.2 Å². The molecule has 0 saturated carbocycles. The van der Waals surface area contributed by atoms with Gasteiger partial charge in [-0.2, -0.15) is 0 Å². The van der Waals surface area contributed by atoms with E-state index in [1.807, 2.05) is 0 Å². The fraction of sp³-hybridized carbons (Fsp3) is 0.0800. The van der Waals surface area contributed by atoms with Crippen LogP contribution in [0.1, 0.15) is 45.1 Å². The minimum absolute atomic E-state index is 0.00533. The van der Waals surface area contributed by atoms with Crippen LogP contribution in [0.15, 0.2) is 75.5 Å². The van der Waals surface area contributed by atoms with Gasteiger partial charge in [0.25, 0.3) is 5.91 Å². The van der Waals surface area contributed by atoms with Crippen molar-refractivity contribution in [3.05, 3.63) is 77.7 Å². The monoisotopic (exact) mass is 456 g/mol. The number of furan rings is 1. The van der Waals surface area contributed by atoms with E-state index in [0.29, 0.717) is 22.1 Å². The number of anilines is 2. The number of fused-ring (bicyclic) bond motifs is 1. The number of aromatic hydroxyl groups is 1. The molecule has 0 fully saturated rings. The Morgan fingerprint density at radius 3 is 2.26 bits per heavy atom. The molecule has 0 aliphatic rings. The number of benzene rings is 3. The molecule has 0 saturated heterocycles. The molecular formula is C25H20N4O5. The van der Waals surface area contributed by atoms with Crippen molar-refractivity contribution in [1.29, 1.82) is 0 Å². The number of rotatable bonds is 6. The summed E-state index contributed by atoms with van der Waals surface area (Å²) in [5.74, 6) is -1.91. The molecule has 4 rings (SSSR count). The van der Waals surface area contributed by atoms with Gasteiger partial charge in [0.15, 0.2) is 23.1 Å². The molecule has 0 radical (unpaired) electrons. The van der Waals surface area contributed by atoms with Gasteiger partial charge in [-0.25, -0.2) is 0 Å². The molecule has 0 aliphatic carbocycles. The first-order valence-electron chi connectivity index (χ1n) is 10.2. The largest absolute Gasteiger partial charge is 0.505 e. The average Bonchev–Trinajstić information content (AvgIpc) is 3.24. The summed E-state index contributed by atoms with van der Waals surface area (Å²) in [6, 6.07) is 15.1. The van der Waals surface area contributed by atoms with Crippen LogP contribution in [-0.2, 0) is 0 Å². The molecule has 0 atom stereocenters. The quantitative estimate of drug-likeness (QED) is 0.190. The van der Waals surface area contributed by atoms with E-state index in [1.54, 1.807) is 48.5 Å². The third-order valence-electron chi connectivity index (χ3n) is 5.12. The van der Waals surface area contributed by atoms with Gasteiger partial charge in [0.1, 0.15) is 17.6 Å². The van der Waals surface area contributed by atoms with Gasteiger partial charge in [-0.05, 0) is 42.6 Å². The molecule has 0 bridgehead atoms. The lowest BCUT2D eigenvalue weighted by molar-refractivity contribution is 0.0984. The Morgan fingerprint density at radius 1 is 0.912 bits per heavy atom. The highest BCUT2D eigenvalue weighted by Gasteiger charge is 2.22. The van der Waals surface area contributed by atoms with E-state index in [-0.39, 0.29) is 34.0 Å². The zero-order chi connectivity index (χ0) is 24.4. The summed E-state index contributed by atoms with van der Waals surface area (Å²) in [5, 5.41) is 23.0. The summed E-state index contributed by atoms with van der Waals surface area (Å²) >= 11 is 0. The molecule has 0 spiro atoms. The number of nitrogens with two attached hydrogens (primary N) is 1. The number of hydrogen-bond acceptors (Lipinski definition) is 8. The maximum atomic E-state index is 13.0. The molecule has 0 unspecified atom stereocenters. The number of amides is 1. The number of nitrogen functional groups attached to an aromatic ring is 1. The van der Waals surface area contributed by atoms with Gasteiger partial charge in [0.2, 0.25) is 0 Å². The maximum Gasteiger partial charge on any atom is 0.259 e. The Hall–Kier alpha value is -4.79. The molecule has 4 aromatic rings. The molecule has 9 heteroatoms. The van der Waals surface area contributed by atoms with Crippen LogP contribution in [0, 0.1) is 0 Å². The van der Waals surface area contributed by atoms with Crippen LogP contribution in [0.5, 0.6) is 5.75 Å². The normalized spacial score (nSPS) is 11.1.